The Labute approximate surface area is 149 Å². The molecule has 0 aliphatic rings. The third kappa shape index (κ3) is 3.90. The topological polar surface area (TPSA) is 114 Å². The number of H-pyrrole nitrogens is 1. The van der Waals surface area contributed by atoms with Crippen LogP contribution in [0.25, 0.3) is 0 Å². The first kappa shape index (κ1) is 18.7. The number of anilines is 2. The molecule has 2 rings (SSSR count). The molecule has 2 aromatic heterocycles. The second-order valence-electron chi connectivity index (χ2n) is 5.41. The van der Waals surface area contributed by atoms with Crippen LogP contribution in [-0.4, -0.2) is 27.0 Å². The van der Waals surface area contributed by atoms with Gasteiger partial charge in [0.1, 0.15) is 11.0 Å². The standard InChI is InChI=1S/C16H20ClN5O3/c1-3-5-8-22-13(18)12(14(23)20-16(22)25)21(4-2)15(24)10-6-7-19-11(17)9-10/h6-7,9H,3-5,8,18H2,1-2H3,(H,20,23,25). The first-order valence-corrected chi connectivity index (χ1v) is 8.34. The molecule has 0 aliphatic carbocycles. The van der Waals surface area contributed by atoms with E-state index in [-0.39, 0.29) is 28.8 Å². The van der Waals surface area contributed by atoms with E-state index < -0.39 is 17.2 Å². The van der Waals surface area contributed by atoms with Crippen molar-refractivity contribution in [1.82, 2.24) is 14.5 Å². The highest BCUT2D eigenvalue weighted by atomic mass is 35.5. The average molecular weight is 366 g/mol. The van der Waals surface area contributed by atoms with Gasteiger partial charge in [0.15, 0.2) is 5.69 Å². The molecule has 0 fully saturated rings. The molecule has 0 saturated heterocycles. The number of nitrogen functional groups attached to an aromatic ring is 1. The minimum absolute atomic E-state index is 0.0300. The summed E-state index contributed by atoms with van der Waals surface area (Å²) in [6, 6.07) is 2.90. The Morgan fingerprint density at radius 2 is 2.12 bits per heavy atom. The minimum atomic E-state index is -0.703. The van der Waals surface area contributed by atoms with Crippen LogP contribution in [0.15, 0.2) is 27.9 Å². The number of unbranched alkanes of at least 4 members (excludes halogenated alkanes) is 1. The molecule has 2 heterocycles. The smallest absolute Gasteiger partial charge is 0.330 e. The van der Waals surface area contributed by atoms with Gasteiger partial charge in [-0.2, -0.15) is 0 Å². The van der Waals surface area contributed by atoms with E-state index in [0.717, 1.165) is 12.8 Å². The van der Waals surface area contributed by atoms with Gasteiger partial charge in [-0.1, -0.05) is 24.9 Å². The monoisotopic (exact) mass is 365 g/mol. The van der Waals surface area contributed by atoms with Gasteiger partial charge < -0.3 is 10.6 Å². The molecule has 0 atom stereocenters. The summed E-state index contributed by atoms with van der Waals surface area (Å²) in [5, 5.41) is 0.164. The van der Waals surface area contributed by atoms with Gasteiger partial charge in [-0.15, -0.1) is 0 Å². The molecule has 9 heteroatoms. The maximum absolute atomic E-state index is 12.8. The summed E-state index contributed by atoms with van der Waals surface area (Å²) in [6.07, 6.45) is 2.97. The summed E-state index contributed by atoms with van der Waals surface area (Å²) in [5.41, 5.74) is 4.99. The quantitative estimate of drug-likeness (QED) is 0.755. The van der Waals surface area contributed by atoms with Gasteiger partial charge in [0.2, 0.25) is 0 Å². The number of nitrogens with one attached hydrogen (secondary N) is 1. The fourth-order valence-electron chi connectivity index (χ4n) is 2.47. The number of nitrogens with two attached hydrogens (primary N) is 1. The predicted octanol–water partition coefficient (Wildman–Crippen LogP) is 1.63. The number of aromatic nitrogens is 3. The van der Waals surface area contributed by atoms with Crippen LogP contribution < -0.4 is 21.9 Å². The number of rotatable bonds is 6. The van der Waals surface area contributed by atoms with Gasteiger partial charge in [-0.05, 0) is 25.5 Å². The van der Waals surface area contributed by atoms with E-state index in [1.807, 2.05) is 6.92 Å². The number of halogens is 1. The van der Waals surface area contributed by atoms with Crippen LogP contribution in [-0.2, 0) is 6.54 Å². The molecule has 0 unspecified atom stereocenters. The predicted molar refractivity (Wildman–Crippen MR) is 97.2 cm³/mol. The number of carbonyl (C=O) groups is 1. The summed E-state index contributed by atoms with van der Waals surface area (Å²) < 4.78 is 1.27. The summed E-state index contributed by atoms with van der Waals surface area (Å²) >= 11 is 5.83. The lowest BCUT2D eigenvalue weighted by Gasteiger charge is -2.23. The summed E-state index contributed by atoms with van der Waals surface area (Å²) in [6.45, 7) is 4.24. The fraction of sp³-hybridized carbons (Fsp3) is 0.375. The maximum Gasteiger partial charge on any atom is 0.330 e. The van der Waals surface area contributed by atoms with Crippen molar-refractivity contribution in [3.8, 4) is 0 Å². The van der Waals surface area contributed by atoms with Crippen molar-refractivity contribution in [2.24, 2.45) is 0 Å². The van der Waals surface area contributed by atoms with Crippen molar-refractivity contribution < 1.29 is 4.79 Å². The molecule has 1 amide bonds. The number of nitrogens with zero attached hydrogens (tertiary/aromatic N) is 3. The van der Waals surface area contributed by atoms with Crippen LogP contribution in [0.2, 0.25) is 5.15 Å². The Bertz CT molecular complexity index is 890. The largest absolute Gasteiger partial charge is 0.383 e. The average Bonchev–Trinajstić information content (AvgIpc) is 2.57. The van der Waals surface area contributed by atoms with Gasteiger partial charge in [-0.25, -0.2) is 9.78 Å². The highest BCUT2D eigenvalue weighted by molar-refractivity contribution is 6.29. The van der Waals surface area contributed by atoms with E-state index in [1.165, 1.54) is 27.8 Å². The Balaban J connectivity index is 2.55. The van der Waals surface area contributed by atoms with Crippen LogP contribution in [0.1, 0.15) is 37.0 Å². The molecule has 0 aromatic carbocycles. The second-order valence-corrected chi connectivity index (χ2v) is 5.80. The third-order valence-corrected chi connectivity index (χ3v) is 3.96. The molecule has 134 valence electrons. The molecule has 0 aliphatic heterocycles. The van der Waals surface area contributed by atoms with Crippen molar-refractivity contribution in [1.29, 1.82) is 0 Å². The minimum Gasteiger partial charge on any atom is -0.383 e. The van der Waals surface area contributed by atoms with Crippen molar-refractivity contribution in [2.45, 2.75) is 33.2 Å². The van der Waals surface area contributed by atoms with Crippen LogP contribution in [0.3, 0.4) is 0 Å². The van der Waals surface area contributed by atoms with Gasteiger partial charge in [-0.3, -0.25) is 19.1 Å². The van der Waals surface area contributed by atoms with Crippen LogP contribution >= 0.6 is 11.6 Å². The van der Waals surface area contributed by atoms with E-state index in [9.17, 15) is 14.4 Å². The lowest BCUT2D eigenvalue weighted by molar-refractivity contribution is 0.0988. The number of aromatic amines is 1. The lowest BCUT2D eigenvalue weighted by Crippen LogP contribution is -2.41. The van der Waals surface area contributed by atoms with E-state index in [4.69, 9.17) is 17.3 Å². The van der Waals surface area contributed by atoms with E-state index in [0.29, 0.717) is 6.54 Å². The Morgan fingerprint density at radius 3 is 2.72 bits per heavy atom. The highest BCUT2D eigenvalue weighted by Gasteiger charge is 2.24. The van der Waals surface area contributed by atoms with Crippen LogP contribution in [0.5, 0.6) is 0 Å². The second kappa shape index (κ2) is 7.98. The highest BCUT2D eigenvalue weighted by Crippen LogP contribution is 2.20. The van der Waals surface area contributed by atoms with E-state index >= 15 is 0 Å². The third-order valence-electron chi connectivity index (χ3n) is 3.75. The van der Waals surface area contributed by atoms with Gasteiger partial charge >= 0.3 is 5.69 Å². The SMILES string of the molecule is CCCCn1c(N)c(N(CC)C(=O)c2ccnc(Cl)c2)c(=O)[nH]c1=O. The van der Waals surface area contributed by atoms with Gasteiger partial charge in [0.05, 0.1) is 0 Å². The molecule has 25 heavy (non-hydrogen) atoms. The van der Waals surface area contributed by atoms with E-state index in [2.05, 4.69) is 9.97 Å². The summed E-state index contributed by atoms with van der Waals surface area (Å²) in [5.74, 6) is -0.484. The first-order valence-electron chi connectivity index (χ1n) is 7.96. The molecule has 8 nitrogen and oxygen atoms in total. The van der Waals surface area contributed by atoms with Crippen molar-refractivity contribution in [3.63, 3.8) is 0 Å². The number of carbonyl (C=O) groups excluding carboxylic acids is 1. The van der Waals surface area contributed by atoms with E-state index in [1.54, 1.807) is 6.92 Å². The van der Waals surface area contributed by atoms with Crippen LogP contribution in [0.4, 0.5) is 11.5 Å². The van der Waals surface area contributed by atoms with Crippen molar-refractivity contribution in [2.75, 3.05) is 17.2 Å². The summed E-state index contributed by atoms with van der Waals surface area (Å²) in [7, 11) is 0. The zero-order valence-electron chi connectivity index (χ0n) is 14.1. The van der Waals surface area contributed by atoms with Gasteiger partial charge in [0, 0.05) is 24.8 Å². The number of pyridine rings is 1. The zero-order chi connectivity index (χ0) is 18.6. The molecule has 0 spiro atoms. The lowest BCUT2D eigenvalue weighted by atomic mass is 10.2. The fourth-order valence-corrected chi connectivity index (χ4v) is 2.64. The first-order chi connectivity index (χ1) is 11.9. The van der Waals surface area contributed by atoms with Crippen LogP contribution in [0, 0.1) is 0 Å². The van der Waals surface area contributed by atoms with Crippen molar-refractivity contribution in [3.05, 3.63) is 49.9 Å². The van der Waals surface area contributed by atoms with Crippen molar-refractivity contribution >= 4 is 29.0 Å². The molecular weight excluding hydrogens is 346 g/mol. The molecule has 3 N–H and O–H groups in total. The Morgan fingerprint density at radius 1 is 1.40 bits per heavy atom. The Hall–Kier alpha value is -2.61. The Kier molecular flexibility index (Phi) is 5.97. The number of amides is 1. The number of hydrogen-bond donors (Lipinski definition) is 2. The number of hydrogen-bond acceptors (Lipinski definition) is 5. The molecular formula is C16H20ClN5O3. The molecule has 0 radical (unpaired) electrons. The molecule has 0 bridgehead atoms. The summed E-state index contributed by atoms with van der Waals surface area (Å²) in [4.78, 5) is 44.4. The molecule has 0 saturated carbocycles. The molecule has 2 aromatic rings. The van der Waals surface area contributed by atoms with Gasteiger partial charge in [0.25, 0.3) is 11.5 Å². The maximum atomic E-state index is 12.8. The normalized spacial score (nSPS) is 10.7. The zero-order valence-corrected chi connectivity index (χ0v) is 14.8.